The van der Waals surface area contributed by atoms with Gasteiger partial charge < -0.3 is 4.90 Å². The monoisotopic (exact) mass is 342 g/mol. The van der Waals surface area contributed by atoms with Crippen molar-refractivity contribution in [2.45, 2.75) is 25.7 Å². The Morgan fingerprint density at radius 3 is 2.52 bits per heavy atom. The van der Waals surface area contributed by atoms with Gasteiger partial charge in [0.05, 0.1) is 20.0 Å². The fourth-order valence-electron chi connectivity index (χ4n) is 2.97. The standard InChI is InChI=1S/C18H18N2OS2/c21-18(20-11-5-1-2-6-12-20)16-10-9-15(22-16)17-19-13-7-3-4-8-14(13)23-17/h3-4,7-10H,1-2,5-6,11-12H2. The Kier molecular flexibility index (Phi) is 4.14. The van der Waals surface area contributed by atoms with E-state index in [0.717, 1.165) is 46.2 Å². The lowest BCUT2D eigenvalue weighted by Gasteiger charge is -2.19. The molecule has 0 atom stereocenters. The van der Waals surface area contributed by atoms with Crippen molar-refractivity contribution in [1.29, 1.82) is 0 Å². The van der Waals surface area contributed by atoms with E-state index in [1.807, 2.05) is 35.2 Å². The maximum Gasteiger partial charge on any atom is 0.263 e. The van der Waals surface area contributed by atoms with Crippen molar-refractivity contribution in [3.63, 3.8) is 0 Å². The van der Waals surface area contributed by atoms with E-state index >= 15 is 0 Å². The van der Waals surface area contributed by atoms with Crippen molar-refractivity contribution in [1.82, 2.24) is 9.88 Å². The molecule has 0 bridgehead atoms. The first kappa shape index (κ1) is 14.8. The molecule has 1 aliphatic rings. The van der Waals surface area contributed by atoms with Crippen LogP contribution >= 0.6 is 22.7 Å². The molecule has 1 fully saturated rings. The molecule has 1 saturated heterocycles. The van der Waals surface area contributed by atoms with Crippen LogP contribution in [0.5, 0.6) is 0 Å². The largest absolute Gasteiger partial charge is 0.338 e. The van der Waals surface area contributed by atoms with Gasteiger partial charge in [-0.05, 0) is 37.1 Å². The molecule has 0 unspecified atom stereocenters. The maximum atomic E-state index is 12.7. The zero-order valence-corrected chi connectivity index (χ0v) is 14.5. The number of hydrogen-bond donors (Lipinski definition) is 0. The second kappa shape index (κ2) is 6.42. The van der Waals surface area contributed by atoms with Gasteiger partial charge in [0, 0.05) is 13.1 Å². The van der Waals surface area contributed by atoms with Crippen molar-refractivity contribution in [3.05, 3.63) is 41.3 Å². The fourth-order valence-corrected chi connectivity index (χ4v) is 4.97. The second-order valence-electron chi connectivity index (χ2n) is 5.86. The molecule has 3 heterocycles. The zero-order valence-electron chi connectivity index (χ0n) is 12.8. The van der Waals surface area contributed by atoms with Crippen molar-refractivity contribution in [2.24, 2.45) is 0 Å². The molecule has 118 valence electrons. The minimum atomic E-state index is 0.185. The highest BCUT2D eigenvalue weighted by Crippen LogP contribution is 2.34. The van der Waals surface area contributed by atoms with E-state index in [2.05, 4.69) is 11.1 Å². The molecule has 1 aliphatic heterocycles. The predicted molar refractivity (Wildman–Crippen MR) is 97.3 cm³/mol. The van der Waals surface area contributed by atoms with Crippen LogP contribution in [-0.4, -0.2) is 28.9 Å². The number of carbonyl (C=O) groups excluding carboxylic acids is 1. The third-order valence-corrected chi connectivity index (χ3v) is 6.49. The summed E-state index contributed by atoms with van der Waals surface area (Å²) in [4.78, 5) is 21.3. The zero-order chi connectivity index (χ0) is 15.6. The number of para-hydroxylation sites is 1. The lowest BCUT2D eigenvalue weighted by molar-refractivity contribution is 0.0766. The van der Waals surface area contributed by atoms with Crippen LogP contribution in [0.1, 0.15) is 35.4 Å². The van der Waals surface area contributed by atoms with Gasteiger partial charge in [0.25, 0.3) is 5.91 Å². The summed E-state index contributed by atoms with van der Waals surface area (Å²) < 4.78 is 1.19. The number of hydrogen-bond acceptors (Lipinski definition) is 4. The van der Waals surface area contributed by atoms with Crippen LogP contribution in [0.25, 0.3) is 20.1 Å². The maximum absolute atomic E-state index is 12.7. The summed E-state index contributed by atoms with van der Waals surface area (Å²) in [6.07, 6.45) is 4.74. The Morgan fingerprint density at radius 1 is 0.957 bits per heavy atom. The Bertz CT molecular complexity index is 795. The second-order valence-corrected chi connectivity index (χ2v) is 7.97. The minimum Gasteiger partial charge on any atom is -0.338 e. The molecule has 3 aromatic rings. The highest BCUT2D eigenvalue weighted by atomic mass is 32.1. The summed E-state index contributed by atoms with van der Waals surface area (Å²) in [5.41, 5.74) is 1.03. The van der Waals surface area contributed by atoms with Gasteiger partial charge in [-0.3, -0.25) is 4.79 Å². The van der Waals surface area contributed by atoms with E-state index in [1.165, 1.54) is 17.5 Å². The number of thiazole rings is 1. The van der Waals surface area contributed by atoms with Gasteiger partial charge in [-0.15, -0.1) is 22.7 Å². The van der Waals surface area contributed by atoms with Crippen LogP contribution in [-0.2, 0) is 0 Å². The van der Waals surface area contributed by atoms with Crippen LogP contribution in [0, 0.1) is 0 Å². The third kappa shape index (κ3) is 3.03. The molecule has 2 aromatic heterocycles. The summed E-state index contributed by atoms with van der Waals surface area (Å²) in [6.45, 7) is 1.79. The van der Waals surface area contributed by atoms with E-state index in [4.69, 9.17) is 0 Å². The fraction of sp³-hybridized carbons (Fsp3) is 0.333. The summed E-state index contributed by atoms with van der Waals surface area (Å²) in [6, 6.07) is 12.2. The van der Waals surface area contributed by atoms with Gasteiger partial charge in [0.15, 0.2) is 0 Å². The van der Waals surface area contributed by atoms with Gasteiger partial charge in [0.1, 0.15) is 5.01 Å². The molecule has 0 radical (unpaired) electrons. The first-order valence-corrected chi connectivity index (χ1v) is 9.69. The predicted octanol–water partition coefficient (Wildman–Crippen LogP) is 5.04. The Morgan fingerprint density at radius 2 is 1.74 bits per heavy atom. The highest BCUT2D eigenvalue weighted by Gasteiger charge is 2.20. The average molecular weight is 342 g/mol. The number of thiophene rings is 1. The molecule has 3 nitrogen and oxygen atoms in total. The number of benzene rings is 1. The van der Waals surface area contributed by atoms with Crippen molar-refractivity contribution < 1.29 is 4.79 Å². The lowest BCUT2D eigenvalue weighted by Crippen LogP contribution is -2.31. The van der Waals surface area contributed by atoms with E-state index in [-0.39, 0.29) is 5.91 Å². The lowest BCUT2D eigenvalue weighted by atomic mass is 10.2. The molecule has 1 amide bonds. The Balaban J connectivity index is 1.59. The molecule has 0 saturated carbocycles. The third-order valence-electron chi connectivity index (χ3n) is 4.21. The molecular formula is C18H18N2OS2. The molecule has 4 rings (SSSR count). The Hall–Kier alpha value is -1.72. The van der Waals surface area contributed by atoms with E-state index < -0.39 is 0 Å². The smallest absolute Gasteiger partial charge is 0.263 e. The molecule has 23 heavy (non-hydrogen) atoms. The van der Waals surface area contributed by atoms with Gasteiger partial charge in [-0.1, -0.05) is 25.0 Å². The summed E-state index contributed by atoms with van der Waals surface area (Å²) in [5, 5.41) is 1.01. The van der Waals surface area contributed by atoms with Crippen LogP contribution in [0.15, 0.2) is 36.4 Å². The number of likely N-dealkylation sites (tertiary alicyclic amines) is 1. The number of nitrogens with zero attached hydrogens (tertiary/aromatic N) is 2. The van der Waals surface area contributed by atoms with Crippen LogP contribution < -0.4 is 0 Å². The molecule has 5 heteroatoms. The number of aromatic nitrogens is 1. The van der Waals surface area contributed by atoms with Gasteiger partial charge in [-0.2, -0.15) is 0 Å². The molecule has 0 N–H and O–H groups in total. The Labute approximate surface area is 143 Å². The van der Waals surface area contributed by atoms with Gasteiger partial charge >= 0.3 is 0 Å². The van der Waals surface area contributed by atoms with Crippen molar-refractivity contribution in [3.8, 4) is 9.88 Å². The van der Waals surface area contributed by atoms with Crippen molar-refractivity contribution in [2.75, 3.05) is 13.1 Å². The topological polar surface area (TPSA) is 33.2 Å². The normalized spacial score (nSPS) is 15.7. The molecule has 0 aliphatic carbocycles. The van der Waals surface area contributed by atoms with Crippen molar-refractivity contribution >= 4 is 38.8 Å². The summed E-state index contributed by atoms with van der Waals surface area (Å²) in [7, 11) is 0. The minimum absolute atomic E-state index is 0.185. The van der Waals surface area contributed by atoms with Crippen LogP contribution in [0.4, 0.5) is 0 Å². The summed E-state index contributed by atoms with van der Waals surface area (Å²) >= 11 is 3.26. The first-order valence-electron chi connectivity index (χ1n) is 8.06. The number of rotatable bonds is 2. The molecule has 0 spiro atoms. The SMILES string of the molecule is O=C(c1ccc(-c2nc3ccccc3s2)s1)N1CCCCCC1. The number of fused-ring (bicyclic) bond motifs is 1. The van der Waals surface area contributed by atoms with Crippen LogP contribution in [0.3, 0.4) is 0 Å². The molecule has 1 aromatic carbocycles. The van der Waals surface area contributed by atoms with Crippen LogP contribution in [0.2, 0.25) is 0 Å². The van der Waals surface area contributed by atoms with Gasteiger partial charge in [0.2, 0.25) is 0 Å². The van der Waals surface area contributed by atoms with Gasteiger partial charge in [-0.25, -0.2) is 4.98 Å². The summed E-state index contributed by atoms with van der Waals surface area (Å²) in [5.74, 6) is 0.185. The first-order chi connectivity index (χ1) is 11.3. The van der Waals surface area contributed by atoms with E-state index in [0.29, 0.717) is 0 Å². The highest BCUT2D eigenvalue weighted by molar-refractivity contribution is 7.26. The van der Waals surface area contributed by atoms with E-state index in [9.17, 15) is 4.79 Å². The quantitative estimate of drug-likeness (QED) is 0.653. The average Bonchev–Trinajstić information content (AvgIpc) is 3.14. The number of carbonyl (C=O) groups is 1. The van der Waals surface area contributed by atoms with E-state index in [1.54, 1.807) is 22.7 Å². The molecular weight excluding hydrogens is 324 g/mol. The number of amides is 1.